The van der Waals surface area contributed by atoms with Gasteiger partial charge in [0.1, 0.15) is 5.76 Å². The Balaban J connectivity index is 1.58. The monoisotopic (exact) mass is 344 g/mol. The first-order chi connectivity index (χ1) is 11.5. The van der Waals surface area contributed by atoms with Crippen LogP contribution >= 0.6 is 11.3 Å². The van der Waals surface area contributed by atoms with E-state index in [1.165, 1.54) is 6.26 Å². The first kappa shape index (κ1) is 15.4. The van der Waals surface area contributed by atoms with Gasteiger partial charge in [0.15, 0.2) is 0 Å². The predicted octanol–water partition coefficient (Wildman–Crippen LogP) is 3.16. The Labute approximate surface area is 144 Å². The lowest BCUT2D eigenvalue weighted by Gasteiger charge is -2.26. The van der Waals surface area contributed by atoms with Gasteiger partial charge in [-0.2, -0.15) is 11.3 Å². The normalized spacial score (nSPS) is 26.8. The van der Waals surface area contributed by atoms with E-state index in [1.54, 1.807) is 24.3 Å². The number of carbonyl (C=O) groups is 2. The van der Waals surface area contributed by atoms with Crippen LogP contribution in [0.4, 0.5) is 5.69 Å². The number of aryl methyl sites for hydroxylation is 1. The SMILES string of the molecule is Cc1occc1C(=O)N1C[C@@H](C)[C@@]2(CCN(c3ccsc3)C2=O)C1. The predicted molar refractivity (Wildman–Crippen MR) is 92.2 cm³/mol. The molecule has 0 bridgehead atoms. The minimum atomic E-state index is -0.449. The van der Waals surface area contributed by atoms with Crippen molar-refractivity contribution in [3.63, 3.8) is 0 Å². The molecule has 0 saturated carbocycles. The van der Waals surface area contributed by atoms with Crippen molar-refractivity contribution in [1.82, 2.24) is 4.90 Å². The third-order valence-electron chi connectivity index (χ3n) is 5.56. The van der Waals surface area contributed by atoms with Gasteiger partial charge in [0.2, 0.25) is 5.91 Å². The smallest absolute Gasteiger partial charge is 0.257 e. The van der Waals surface area contributed by atoms with E-state index in [4.69, 9.17) is 4.42 Å². The molecule has 2 aliphatic heterocycles. The second kappa shape index (κ2) is 5.48. The van der Waals surface area contributed by atoms with Crippen molar-refractivity contribution in [3.05, 3.63) is 40.5 Å². The van der Waals surface area contributed by atoms with Crippen LogP contribution in [-0.2, 0) is 4.79 Å². The van der Waals surface area contributed by atoms with Crippen LogP contribution in [0.5, 0.6) is 0 Å². The zero-order valence-electron chi connectivity index (χ0n) is 13.8. The van der Waals surface area contributed by atoms with Gasteiger partial charge in [0.05, 0.1) is 22.9 Å². The maximum absolute atomic E-state index is 13.1. The zero-order valence-corrected chi connectivity index (χ0v) is 14.6. The molecule has 2 atom stereocenters. The van der Waals surface area contributed by atoms with E-state index in [0.29, 0.717) is 24.4 Å². The van der Waals surface area contributed by atoms with E-state index in [-0.39, 0.29) is 17.7 Å². The van der Waals surface area contributed by atoms with Gasteiger partial charge in [-0.25, -0.2) is 0 Å². The van der Waals surface area contributed by atoms with Crippen molar-refractivity contribution in [2.45, 2.75) is 20.3 Å². The Hall–Kier alpha value is -2.08. The average Bonchev–Trinajstić information content (AvgIpc) is 3.31. The highest BCUT2D eigenvalue weighted by Crippen LogP contribution is 2.46. The van der Waals surface area contributed by atoms with Crippen molar-refractivity contribution in [3.8, 4) is 0 Å². The molecule has 0 aliphatic carbocycles. The van der Waals surface area contributed by atoms with Crippen LogP contribution in [0.2, 0.25) is 0 Å². The van der Waals surface area contributed by atoms with Crippen molar-refractivity contribution in [2.24, 2.45) is 11.3 Å². The molecule has 4 rings (SSSR count). The van der Waals surface area contributed by atoms with Crippen molar-refractivity contribution < 1.29 is 14.0 Å². The summed E-state index contributed by atoms with van der Waals surface area (Å²) in [5, 5.41) is 4.00. The van der Waals surface area contributed by atoms with Crippen LogP contribution in [0.3, 0.4) is 0 Å². The molecule has 4 heterocycles. The molecular formula is C18H20N2O3S. The van der Waals surface area contributed by atoms with Gasteiger partial charge in [-0.15, -0.1) is 0 Å². The molecule has 0 aromatic carbocycles. The number of anilines is 1. The van der Waals surface area contributed by atoms with Crippen molar-refractivity contribution in [1.29, 1.82) is 0 Å². The summed E-state index contributed by atoms with van der Waals surface area (Å²) in [4.78, 5) is 29.6. The number of rotatable bonds is 2. The van der Waals surface area contributed by atoms with Crippen LogP contribution in [0.15, 0.2) is 33.6 Å². The van der Waals surface area contributed by atoms with Crippen molar-refractivity contribution in [2.75, 3.05) is 24.5 Å². The summed E-state index contributed by atoms with van der Waals surface area (Å²) < 4.78 is 5.25. The van der Waals surface area contributed by atoms with Crippen LogP contribution in [0, 0.1) is 18.3 Å². The lowest BCUT2D eigenvalue weighted by atomic mass is 9.78. The zero-order chi connectivity index (χ0) is 16.9. The van der Waals surface area contributed by atoms with Crippen LogP contribution in [-0.4, -0.2) is 36.3 Å². The standard InChI is InChI=1S/C18H20N2O3S/c1-12-9-19(16(21)15-3-7-23-13(15)2)11-18(12)5-6-20(17(18)22)14-4-8-24-10-14/h3-4,7-8,10,12H,5-6,9,11H2,1-2H3/t12-,18-/m1/s1. The van der Waals surface area contributed by atoms with Gasteiger partial charge in [0, 0.05) is 25.0 Å². The molecule has 2 saturated heterocycles. The summed E-state index contributed by atoms with van der Waals surface area (Å²) in [6, 6.07) is 3.69. The number of hydrogen-bond acceptors (Lipinski definition) is 4. The van der Waals surface area contributed by atoms with E-state index in [9.17, 15) is 9.59 Å². The highest BCUT2D eigenvalue weighted by molar-refractivity contribution is 7.08. The fourth-order valence-electron chi connectivity index (χ4n) is 4.05. The second-order valence-electron chi connectivity index (χ2n) is 6.82. The molecule has 6 heteroatoms. The Bertz CT molecular complexity index is 782. The summed E-state index contributed by atoms with van der Waals surface area (Å²) >= 11 is 1.60. The van der Waals surface area contributed by atoms with E-state index in [0.717, 1.165) is 18.7 Å². The summed E-state index contributed by atoms with van der Waals surface area (Å²) in [5.41, 5.74) is 1.12. The molecule has 126 valence electrons. The highest BCUT2D eigenvalue weighted by Gasteiger charge is 2.56. The number of thiophene rings is 1. The van der Waals surface area contributed by atoms with Gasteiger partial charge in [-0.1, -0.05) is 6.92 Å². The van der Waals surface area contributed by atoms with Gasteiger partial charge in [0.25, 0.3) is 5.91 Å². The second-order valence-corrected chi connectivity index (χ2v) is 7.60. The molecule has 0 unspecified atom stereocenters. The molecule has 2 fully saturated rings. The number of likely N-dealkylation sites (tertiary alicyclic amines) is 1. The molecule has 2 aliphatic rings. The maximum Gasteiger partial charge on any atom is 0.257 e. The van der Waals surface area contributed by atoms with Gasteiger partial charge < -0.3 is 14.2 Å². The number of carbonyl (C=O) groups excluding carboxylic acids is 2. The van der Waals surface area contributed by atoms with E-state index in [1.807, 2.05) is 26.6 Å². The number of amides is 2. The first-order valence-corrected chi connectivity index (χ1v) is 9.15. The number of furan rings is 1. The van der Waals surface area contributed by atoms with Gasteiger partial charge in [-0.05, 0) is 36.8 Å². The number of nitrogens with zero attached hydrogens (tertiary/aromatic N) is 2. The molecule has 0 radical (unpaired) electrons. The quantitative estimate of drug-likeness (QED) is 0.841. The molecule has 24 heavy (non-hydrogen) atoms. The minimum absolute atomic E-state index is 0.0354. The fourth-order valence-corrected chi connectivity index (χ4v) is 4.69. The van der Waals surface area contributed by atoms with E-state index >= 15 is 0 Å². The largest absolute Gasteiger partial charge is 0.469 e. The molecule has 0 N–H and O–H groups in total. The van der Waals surface area contributed by atoms with Crippen LogP contribution in [0.1, 0.15) is 29.5 Å². The van der Waals surface area contributed by atoms with E-state index in [2.05, 4.69) is 6.92 Å². The highest BCUT2D eigenvalue weighted by atomic mass is 32.1. The molecule has 1 spiro atoms. The first-order valence-electron chi connectivity index (χ1n) is 8.20. The molecule has 2 aromatic heterocycles. The van der Waals surface area contributed by atoms with Gasteiger partial charge in [-0.3, -0.25) is 9.59 Å². The van der Waals surface area contributed by atoms with Crippen LogP contribution < -0.4 is 4.90 Å². The summed E-state index contributed by atoms with van der Waals surface area (Å²) in [6.07, 6.45) is 2.34. The summed E-state index contributed by atoms with van der Waals surface area (Å²) in [7, 11) is 0. The molecular weight excluding hydrogens is 324 g/mol. The third kappa shape index (κ3) is 2.13. The lowest BCUT2D eigenvalue weighted by molar-refractivity contribution is -0.126. The van der Waals surface area contributed by atoms with Crippen molar-refractivity contribution >= 4 is 28.8 Å². The number of hydrogen-bond donors (Lipinski definition) is 0. The Kier molecular flexibility index (Phi) is 3.53. The topological polar surface area (TPSA) is 53.8 Å². The Morgan fingerprint density at radius 1 is 1.42 bits per heavy atom. The Morgan fingerprint density at radius 3 is 2.92 bits per heavy atom. The summed E-state index contributed by atoms with van der Waals surface area (Å²) in [5.74, 6) is 0.912. The van der Waals surface area contributed by atoms with Crippen LogP contribution in [0.25, 0.3) is 0 Å². The molecule has 2 aromatic rings. The van der Waals surface area contributed by atoms with E-state index < -0.39 is 5.41 Å². The average molecular weight is 344 g/mol. The lowest BCUT2D eigenvalue weighted by Crippen LogP contribution is -2.40. The molecule has 5 nitrogen and oxygen atoms in total. The maximum atomic E-state index is 13.1. The molecule has 2 amide bonds. The minimum Gasteiger partial charge on any atom is -0.469 e. The summed E-state index contributed by atoms with van der Waals surface area (Å²) in [6.45, 7) is 5.72. The fraction of sp³-hybridized carbons (Fsp3) is 0.444. The third-order valence-corrected chi connectivity index (χ3v) is 6.23. The Morgan fingerprint density at radius 2 is 2.25 bits per heavy atom. The van der Waals surface area contributed by atoms with Gasteiger partial charge >= 0.3 is 0 Å².